The molecule has 0 radical (unpaired) electrons. The van der Waals surface area contributed by atoms with Crippen molar-refractivity contribution in [3.05, 3.63) is 29.8 Å². The summed E-state index contributed by atoms with van der Waals surface area (Å²) in [5.74, 6) is 0. The van der Waals surface area contributed by atoms with Gasteiger partial charge in [0.25, 0.3) is 0 Å². The third kappa shape index (κ3) is 3.28. The second-order valence-electron chi connectivity index (χ2n) is 4.63. The van der Waals surface area contributed by atoms with Crippen LogP contribution in [0.2, 0.25) is 0 Å². The lowest BCUT2D eigenvalue weighted by atomic mass is 10.0. The number of aliphatic hydroxyl groups excluding tert-OH is 4. The normalized spacial score (nSPS) is 35.3. The summed E-state index contributed by atoms with van der Waals surface area (Å²) < 4.78 is 5.42. The van der Waals surface area contributed by atoms with Crippen molar-refractivity contribution in [3.63, 3.8) is 0 Å². The summed E-state index contributed by atoms with van der Waals surface area (Å²) in [5.41, 5.74) is 0.399. The molecule has 1 aliphatic heterocycles. The van der Waals surface area contributed by atoms with Crippen LogP contribution in [0.3, 0.4) is 0 Å². The third-order valence-corrected chi connectivity index (χ3v) is 4.29. The Bertz CT molecular complexity index is 408. The van der Waals surface area contributed by atoms with Gasteiger partial charge in [-0.05, 0) is 19.1 Å². The van der Waals surface area contributed by atoms with Crippen LogP contribution in [0.15, 0.2) is 29.2 Å². The predicted molar refractivity (Wildman–Crippen MR) is 70.8 cm³/mol. The molecule has 1 aliphatic rings. The molecule has 1 heterocycles. The van der Waals surface area contributed by atoms with Gasteiger partial charge in [-0.1, -0.05) is 29.5 Å². The minimum Gasteiger partial charge on any atom is -0.394 e. The van der Waals surface area contributed by atoms with Gasteiger partial charge in [-0.15, -0.1) is 0 Å². The van der Waals surface area contributed by atoms with Crippen molar-refractivity contribution < 1.29 is 25.2 Å². The Morgan fingerprint density at radius 2 is 1.68 bits per heavy atom. The van der Waals surface area contributed by atoms with Gasteiger partial charge in [0.05, 0.1) is 6.61 Å². The molecule has 1 aromatic carbocycles. The quantitative estimate of drug-likeness (QED) is 0.620. The van der Waals surface area contributed by atoms with E-state index >= 15 is 0 Å². The maximum absolute atomic E-state index is 9.90. The maximum atomic E-state index is 9.90. The molecule has 0 aliphatic carbocycles. The van der Waals surface area contributed by atoms with Gasteiger partial charge in [0.2, 0.25) is 0 Å². The van der Waals surface area contributed by atoms with E-state index in [2.05, 4.69) is 0 Å². The Balaban J connectivity index is 2.08. The van der Waals surface area contributed by atoms with E-state index in [9.17, 15) is 15.3 Å². The van der Waals surface area contributed by atoms with Gasteiger partial charge in [0.15, 0.2) is 0 Å². The summed E-state index contributed by atoms with van der Waals surface area (Å²) in [4.78, 5) is 0.884. The van der Waals surface area contributed by atoms with Crippen molar-refractivity contribution in [1.82, 2.24) is 0 Å². The maximum Gasteiger partial charge on any atom is 0.136 e. The Labute approximate surface area is 115 Å². The smallest absolute Gasteiger partial charge is 0.136 e. The largest absolute Gasteiger partial charge is 0.394 e. The zero-order valence-corrected chi connectivity index (χ0v) is 11.3. The van der Waals surface area contributed by atoms with Crippen molar-refractivity contribution in [2.75, 3.05) is 6.61 Å². The highest BCUT2D eigenvalue weighted by Gasteiger charge is 2.43. The van der Waals surface area contributed by atoms with Crippen LogP contribution >= 0.6 is 11.8 Å². The van der Waals surface area contributed by atoms with Crippen LogP contribution in [0.1, 0.15) is 5.56 Å². The van der Waals surface area contributed by atoms with Crippen molar-refractivity contribution in [1.29, 1.82) is 0 Å². The zero-order valence-electron chi connectivity index (χ0n) is 10.5. The Kier molecular flexibility index (Phi) is 4.83. The van der Waals surface area contributed by atoms with Gasteiger partial charge >= 0.3 is 0 Å². The van der Waals surface area contributed by atoms with Gasteiger partial charge in [0, 0.05) is 4.90 Å². The first-order chi connectivity index (χ1) is 9.02. The Morgan fingerprint density at radius 1 is 1.05 bits per heavy atom. The summed E-state index contributed by atoms with van der Waals surface area (Å²) in [6.07, 6.45) is -4.70. The molecule has 4 N–H and O–H groups in total. The average molecular weight is 286 g/mol. The molecule has 0 aromatic heterocycles. The molecule has 0 unspecified atom stereocenters. The molecule has 6 heteroatoms. The standard InChI is InChI=1S/C13H18O5S/c1-7-2-4-8(5-3-7)19-13-12(17)11(16)10(15)9(6-14)18-13/h2-5,9-17H,6H2,1H3/t9-,10-,11+,12-,13-/m1/s1. The van der Waals surface area contributed by atoms with E-state index in [1.807, 2.05) is 31.2 Å². The fourth-order valence-corrected chi connectivity index (χ4v) is 2.98. The molecule has 1 saturated heterocycles. The molecule has 2 rings (SSSR count). The summed E-state index contributed by atoms with van der Waals surface area (Å²) >= 11 is 1.25. The van der Waals surface area contributed by atoms with Gasteiger partial charge in [-0.3, -0.25) is 0 Å². The molecule has 0 spiro atoms. The highest BCUT2D eigenvalue weighted by Crippen LogP contribution is 2.33. The van der Waals surface area contributed by atoms with Crippen molar-refractivity contribution in [2.24, 2.45) is 0 Å². The van der Waals surface area contributed by atoms with E-state index in [0.29, 0.717) is 0 Å². The third-order valence-electron chi connectivity index (χ3n) is 3.12. The lowest BCUT2D eigenvalue weighted by Gasteiger charge is -2.39. The molecule has 5 nitrogen and oxygen atoms in total. The van der Waals surface area contributed by atoms with E-state index in [-0.39, 0.29) is 0 Å². The minimum absolute atomic E-state index is 0.407. The lowest BCUT2D eigenvalue weighted by molar-refractivity contribution is -0.205. The highest BCUT2D eigenvalue weighted by molar-refractivity contribution is 7.99. The lowest BCUT2D eigenvalue weighted by Crippen LogP contribution is -2.57. The van der Waals surface area contributed by atoms with Crippen LogP contribution in [-0.2, 0) is 4.74 Å². The van der Waals surface area contributed by atoms with Crippen molar-refractivity contribution >= 4 is 11.8 Å². The minimum atomic E-state index is -1.33. The number of hydrogen-bond acceptors (Lipinski definition) is 6. The predicted octanol–water partition coefficient (Wildman–Crippen LogP) is -0.113. The van der Waals surface area contributed by atoms with E-state index in [1.165, 1.54) is 11.8 Å². The number of aryl methyl sites for hydroxylation is 1. The molecule has 0 amide bonds. The zero-order chi connectivity index (χ0) is 14.0. The number of benzene rings is 1. The number of thioether (sulfide) groups is 1. The molecular weight excluding hydrogens is 268 g/mol. The second kappa shape index (κ2) is 6.21. The summed E-state index contributed by atoms with van der Waals surface area (Å²) in [6, 6.07) is 7.65. The van der Waals surface area contributed by atoms with E-state index in [0.717, 1.165) is 10.5 Å². The Hall–Kier alpha value is -0.630. The van der Waals surface area contributed by atoms with Gasteiger partial charge in [-0.2, -0.15) is 0 Å². The monoisotopic (exact) mass is 286 g/mol. The van der Waals surface area contributed by atoms with Crippen LogP contribution in [-0.4, -0.2) is 56.9 Å². The van der Waals surface area contributed by atoms with Crippen LogP contribution < -0.4 is 0 Å². The first kappa shape index (κ1) is 14.8. The van der Waals surface area contributed by atoms with E-state index in [1.54, 1.807) is 0 Å². The molecule has 1 aromatic rings. The summed E-state index contributed by atoms with van der Waals surface area (Å²) in [6.45, 7) is 1.57. The molecule has 0 bridgehead atoms. The first-order valence-electron chi connectivity index (χ1n) is 6.07. The summed E-state index contributed by atoms with van der Waals surface area (Å²) in [5, 5.41) is 38.4. The molecular formula is C13H18O5S. The average Bonchev–Trinajstić information content (AvgIpc) is 2.42. The molecule has 106 valence electrons. The van der Waals surface area contributed by atoms with Crippen LogP contribution in [0.5, 0.6) is 0 Å². The van der Waals surface area contributed by atoms with Crippen LogP contribution in [0.25, 0.3) is 0 Å². The van der Waals surface area contributed by atoms with E-state index in [4.69, 9.17) is 9.84 Å². The van der Waals surface area contributed by atoms with Crippen LogP contribution in [0, 0.1) is 6.92 Å². The second-order valence-corrected chi connectivity index (χ2v) is 5.80. The topological polar surface area (TPSA) is 90.2 Å². The van der Waals surface area contributed by atoms with Crippen LogP contribution in [0.4, 0.5) is 0 Å². The number of aliphatic hydroxyl groups is 4. The molecule has 1 fully saturated rings. The first-order valence-corrected chi connectivity index (χ1v) is 6.94. The number of hydrogen-bond donors (Lipinski definition) is 4. The van der Waals surface area contributed by atoms with Gasteiger partial charge in [-0.25, -0.2) is 0 Å². The SMILES string of the molecule is Cc1ccc(S[C@H]2O[C@H](CO)[C@@H](O)[C@H](O)[C@H]2O)cc1. The van der Waals surface area contributed by atoms with Gasteiger partial charge in [0.1, 0.15) is 29.9 Å². The number of rotatable bonds is 3. The highest BCUT2D eigenvalue weighted by atomic mass is 32.2. The van der Waals surface area contributed by atoms with Crippen molar-refractivity contribution in [3.8, 4) is 0 Å². The number of ether oxygens (including phenoxy) is 1. The van der Waals surface area contributed by atoms with Crippen molar-refractivity contribution in [2.45, 2.75) is 41.7 Å². The molecule has 19 heavy (non-hydrogen) atoms. The molecule has 5 atom stereocenters. The molecule has 0 saturated carbocycles. The fraction of sp³-hybridized carbons (Fsp3) is 0.538. The summed E-state index contributed by atoms with van der Waals surface area (Å²) in [7, 11) is 0. The fourth-order valence-electron chi connectivity index (χ4n) is 1.92. The van der Waals surface area contributed by atoms with E-state index < -0.39 is 36.5 Å². The van der Waals surface area contributed by atoms with Gasteiger partial charge < -0.3 is 25.2 Å². The Morgan fingerprint density at radius 3 is 2.26 bits per heavy atom.